The molecule has 3 heteroatoms. The Bertz CT molecular complexity index is 224. The number of rotatable bonds is 3. The van der Waals surface area contributed by atoms with Crippen LogP contribution >= 0.6 is 0 Å². The van der Waals surface area contributed by atoms with Crippen molar-refractivity contribution in [1.82, 2.24) is 10.2 Å². The Morgan fingerprint density at radius 1 is 1.47 bits per heavy atom. The Balaban J connectivity index is 1.81. The number of amides is 1. The topological polar surface area (TPSA) is 32.3 Å². The second kappa shape index (κ2) is 4.97. The van der Waals surface area contributed by atoms with Crippen molar-refractivity contribution in [3.63, 3.8) is 0 Å². The molecule has 0 aromatic heterocycles. The molecule has 1 unspecified atom stereocenters. The van der Waals surface area contributed by atoms with Gasteiger partial charge in [0.2, 0.25) is 5.91 Å². The lowest BCUT2D eigenvalue weighted by Crippen LogP contribution is -2.42. The molecule has 3 nitrogen and oxygen atoms in total. The van der Waals surface area contributed by atoms with E-state index < -0.39 is 0 Å². The van der Waals surface area contributed by atoms with Crippen LogP contribution in [0.1, 0.15) is 39.0 Å². The first-order valence-electron chi connectivity index (χ1n) is 6.33. The Hall–Kier alpha value is -0.570. The fourth-order valence-electron chi connectivity index (χ4n) is 2.79. The lowest BCUT2D eigenvalue weighted by Gasteiger charge is -2.20. The van der Waals surface area contributed by atoms with Gasteiger partial charge in [0.05, 0.1) is 6.04 Å². The maximum absolute atomic E-state index is 12.1. The van der Waals surface area contributed by atoms with Crippen LogP contribution in [0.5, 0.6) is 0 Å². The Morgan fingerprint density at radius 2 is 2.33 bits per heavy atom. The fraction of sp³-hybridized carbons (Fsp3) is 0.917. The number of nitrogens with zero attached hydrogens (tertiary/aromatic N) is 1. The van der Waals surface area contributed by atoms with Gasteiger partial charge in [-0.25, -0.2) is 0 Å². The van der Waals surface area contributed by atoms with Gasteiger partial charge in [-0.2, -0.15) is 0 Å². The molecule has 0 radical (unpaired) electrons. The normalized spacial score (nSPS) is 31.1. The van der Waals surface area contributed by atoms with Crippen molar-refractivity contribution in [2.24, 2.45) is 5.92 Å². The van der Waals surface area contributed by atoms with Gasteiger partial charge in [0, 0.05) is 13.1 Å². The lowest BCUT2D eigenvalue weighted by molar-refractivity contribution is -0.132. The van der Waals surface area contributed by atoms with E-state index in [9.17, 15) is 4.79 Å². The van der Waals surface area contributed by atoms with E-state index in [0.717, 1.165) is 38.4 Å². The molecule has 2 atom stereocenters. The third kappa shape index (κ3) is 2.51. The summed E-state index contributed by atoms with van der Waals surface area (Å²) < 4.78 is 0. The number of likely N-dealkylation sites (tertiary alicyclic amines) is 1. The molecule has 0 saturated carbocycles. The first-order valence-corrected chi connectivity index (χ1v) is 6.33. The Labute approximate surface area is 92.2 Å². The minimum absolute atomic E-state index is 0.130. The van der Waals surface area contributed by atoms with Crippen molar-refractivity contribution >= 4 is 5.91 Å². The van der Waals surface area contributed by atoms with Crippen molar-refractivity contribution in [2.75, 3.05) is 19.6 Å². The third-order valence-corrected chi connectivity index (χ3v) is 3.65. The highest BCUT2D eigenvalue weighted by Gasteiger charge is 2.31. The molecule has 0 aliphatic carbocycles. The summed E-state index contributed by atoms with van der Waals surface area (Å²) in [6.07, 6.45) is 5.93. The van der Waals surface area contributed by atoms with Crippen molar-refractivity contribution < 1.29 is 4.79 Å². The van der Waals surface area contributed by atoms with Gasteiger partial charge in [-0.05, 0) is 38.1 Å². The highest BCUT2D eigenvalue weighted by molar-refractivity contribution is 5.82. The minimum Gasteiger partial charge on any atom is -0.341 e. The van der Waals surface area contributed by atoms with Gasteiger partial charge in [0.15, 0.2) is 0 Å². The van der Waals surface area contributed by atoms with Crippen LogP contribution in [-0.4, -0.2) is 36.5 Å². The van der Waals surface area contributed by atoms with Crippen LogP contribution in [0, 0.1) is 5.92 Å². The molecule has 2 aliphatic heterocycles. The predicted octanol–water partition coefficient (Wildman–Crippen LogP) is 1.39. The molecule has 2 fully saturated rings. The molecule has 2 rings (SSSR count). The zero-order chi connectivity index (χ0) is 10.7. The standard InChI is InChI=1S/C12H22N2O/c1-2-4-10-6-8-14(9-10)12(15)11-5-3-7-13-11/h10-11,13H,2-9H2,1H3/t10?,11-/m1/s1. The molecule has 2 heterocycles. The van der Waals surface area contributed by atoms with Gasteiger partial charge in [0.25, 0.3) is 0 Å². The van der Waals surface area contributed by atoms with Crippen molar-refractivity contribution in [3.05, 3.63) is 0 Å². The molecule has 0 bridgehead atoms. The maximum Gasteiger partial charge on any atom is 0.239 e. The highest BCUT2D eigenvalue weighted by atomic mass is 16.2. The molecular weight excluding hydrogens is 188 g/mol. The maximum atomic E-state index is 12.1. The monoisotopic (exact) mass is 210 g/mol. The molecule has 0 spiro atoms. The average Bonchev–Trinajstić information content (AvgIpc) is 2.87. The first kappa shape index (κ1) is 10.9. The van der Waals surface area contributed by atoms with Crippen molar-refractivity contribution in [1.29, 1.82) is 0 Å². The quantitative estimate of drug-likeness (QED) is 0.763. The lowest BCUT2D eigenvalue weighted by atomic mass is 10.0. The van der Waals surface area contributed by atoms with Gasteiger partial charge in [-0.3, -0.25) is 4.79 Å². The van der Waals surface area contributed by atoms with E-state index in [1.165, 1.54) is 19.3 Å². The summed E-state index contributed by atoms with van der Waals surface area (Å²) in [6.45, 7) is 5.23. The van der Waals surface area contributed by atoms with Crippen LogP contribution in [0.25, 0.3) is 0 Å². The zero-order valence-corrected chi connectivity index (χ0v) is 9.67. The van der Waals surface area contributed by atoms with Gasteiger partial charge in [0.1, 0.15) is 0 Å². The van der Waals surface area contributed by atoms with E-state index in [0.29, 0.717) is 5.91 Å². The van der Waals surface area contributed by atoms with Crippen molar-refractivity contribution in [3.8, 4) is 0 Å². The smallest absolute Gasteiger partial charge is 0.239 e. The second-order valence-electron chi connectivity index (χ2n) is 4.88. The van der Waals surface area contributed by atoms with E-state index in [1.807, 2.05) is 0 Å². The zero-order valence-electron chi connectivity index (χ0n) is 9.67. The number of carbonyl (C=O) groups excluding carboxylic acids is 1. The predicted molar refractivity (Wildman–Crippen MR) is 60.6 cm³/mol. The molecular formula is C12H22N2O. The SMILES string of the molecule is CCCC1CCN(C(=O)[C@H]2CCCN2)C1. The summed E-state index contributed by atoms with van der Waals surface area (Å²) in [6, 6.07) is 0.130. The van der Waals surface area contributed by atoms with Crippen LogP contribution < -0.4 is 5.32 Å². The van der Waals surface area contributed by atoms with E-state index in [2.05, 4.69) is 17.1 Å². The number of hydrogen-bond donors (Lipinski definition) is 1. The van der Waals surface area contributed by atoms with E-state index >= 15 is 0 Å². The van der Waals surface area contributed by atoms with Gasteiger partial charge in [-0.1, -0.05) is 13.3 Å². The molecule has 0 aromatic carbocycles. The van der Waals surface area contributed by atoms with E-state index in [-0.39, 0.29) is 6.04 Å². The van der Waals surface area contributed by atoms with Gasteiger partial charge >= 0.3 is 0 Å². The summed E-state index contributed by atoms with van der Waals surface area (Å²) in [5.74, 6) is 1.12. The number of nitrogens with one attached hydrogen (secondary N) is 1. The van der Waals surface area contributed by atoms with Gasteiger partial charge < -0.3 is 10.2 Å². The van der Waals surface area contributed by atoms with Crippen LogP contribution in [0.2, 0.25) is 0 Å². The summed E-state index contributed by atoms with van der Waals surface area (Å²) in [7, 11) is 0. The van der Waals surface area contributed by atoms with Crippen LogP contribution in [0.15, 0.2) is 0 Å². The largest absolute Gasteiger partial charge is 0.341 e. The Kier molecular flexibility index (Phi) is 3.62. The van der Waals surface area contributed by atoms with Crippen LogP contribution in [0.3, 0.4) is 0 Å². The molecule has 0 aromatic rings. The minimum atomic E-state index is 0.130. The highest BCUT2D eigenvalue weighted by Crippen LogP contribution is 2.22. The number of hydrogen-bond acceptors (Lipinski definition) is 2. The molecule has 1 amide bonds. The van der Waals surface area contributed by atoms with E-state index in [1.54, 1.807) is 0 Å². The molecule has 1 N–H and O–H groups in total. The average molecular weight is 210 g/mol. The molecule has 2 saturated heterocycles. The molecule has 15 heavy (non-hydrogen) atoms. The first-order chi connectivity index (χ1) is 7.31. The summed E-state index contributed by atoms with van der Waals surface area (Å²) in [4.78, 5) is 14.1. The summed E-state index contributed by atoms with van der Waals surface area (Å²) in [5, 5.41) is 3.29. The van der Waals surface area contributed by atoms with Gasteiger partial charge in [-0.15, -0.1) is 0 Å². The molecule has 86 valence electrons. The van der Waals surface area contributed by atoms with Crippen LogP contribution in [0.4, 0.5) is 0 Å². The second-order valence-corrected chi connectivity index (χ2v) is 4.88. The van der Waals surface area contributed by atoms with E-state index in [4.69, 9.17) is 0 Å². The number of carbonyl (C=O) groups is 1. The van der Waals surface area contributed by atoms with Crippen molar-refractivity contribution in [2.45, 2.75) is 45.1 Å². The Morgan fingerprint density at radius 3 is 3.00 bits per heavy atom. The molecule has 2 aliphatic rings. The summed E-state index contributed by atoms with van der Waals surface area (Å²) >= 11 is 0. The third-order valence-electron chi connectivity index (χ3n) is 3.65. The summed E-state index contributed by atoms with van der Waals surface area (Å²) in [5.41, 5.74) is 0. The van der Waals surface area contributed by atoms with Crippen LogP contribution in [-0.2, 0) is 4.79 Å². The fourth-order valence-corrected chi connectivity index (χ4v) is 2.79.